The second-order valence-electron chi connectivity index (χ2n) is 7.21. The number of fused-ring (bicyclic) bond motifs is 1. The summed E-state index contributed by atoms with van der Waals surface area (Å²) in [6.07, 6.45) is -4.71. The fraction of sp³-hybridized carbons (Fsp3) is 0.304. The lowest BCUT2D eigenvalue weighted by atomic mass is 9.91. The molecule has 158 valence electrons. The molecule has 1 fully saturated rings. The first kappa shape index (κ1) is 20.5. The summed E-state index contributed by atoms with van der Waals surface area (Å²) in [7, 11) is 1.64. The number of methoxy groups -OCH3 is 1. The minimum Gasteiger partial charge on any atom is -0.496 e. The zero-order valence-corrected chi connectivity index (χ0v) is 16.6. The Labute approximate surface area is 173 Å². The van der Waals surface area contributed by atoms with Gasteiger partial charge in [0.15, 0.2) is 0 Å². The Kier molecular flexibility index (Phi) is 5.83. The molecule has 0 spiro atoms. The van der Waals surface area contributed by atoms with Crippen LogP contribution < -0.4 is 14.8 Å². The molecular formula is C23H23F3N2O2. The number of hydrogen-bond donors (Lipinski definition) is 1. The fourth-order valence-corrected chi connectivity index (χ4v) is 4.09. The highest BCUT2D eigenvalue weighted by Crippen LogP contribution is 2.40. The highest BCUT2D eigenvalue weighted by atomic mass is 19.4. The highest BCUT2D eigenvalue weighted by Gasteiger charge is 2.32. The van der Waals surface area contributed by atoms with Crippen molar-refractivity contribution in [3.63, 3.8) is 0 Å². The Balaban J connectivity index is 1.83. The molecule has 3 aromatic carbocycles. The SMILES string of the molecule is COc1ccc2ccccc2c1[C@H](c1ccc(OC(F)(F)F)cc1)N1CCNCC1. The van der Waals surface area contributed by atoms with Crippen LogP contribution in [0.3, 0.4) is 0 Å². The van der Waals surface area contributed by atoms with Gasteiger partial charge >= 0.3 is 6.36 Å². The van der Waals surface area contributed by atoms with E-state index in [0.29, 0.717) is 0 Å². The van der Waals surface area contributed by atoms with Crippen LogP contribution in [-0.4, -0.2) is 44.6 Å². The summed E-state index contributed by atoms with van der Waals surface area (Å²) >= 11 is 0. The maximum Gasteiger partial charge on any atom is 0.573 e. The van der Waals surface area contributed by atoms with Gasteiger partial charge < -0.3 is 14.8 Å². The first-order valence-corrected chi connectivity index (χ1v) is 9.82. The molecule has 0 aromatic heterocycles. The average molecular weight is 416 g/mol. The van der Waals surface area contributed by atoms with Crippen LogP contribution in [0.2, 0.25) is 0 Å². The van der Waals surface area contributed by atoms with E-state index in [4.69, 9.17) is 4.74 Å². The van der Waals surface area contributed by atoms with Crippen LogP contribution in [0.5, 0.6) is 11.5 Å². The van der Waals surface area contributed by atoms with Gasteiger partial charge in [-0.1, -0.05) is 42.5 Å². The quantitative estimate of drug-likeness (QED) is 0.651. The van der Waals surface area contributed by atoms with Gasteiger partial charge in [-0.3, -0.25) is 4.90 Å². The van der Waals surface area contributed by atoms with Crippen molar-refractivity contribution < 1.29 is 22.6 Å². The number of ether oxygens (including phenoxy) is 2. The summed E-state index contributed by atoms with van der Waals surface area (Å²) in [6, 6.07) is 18.0. The summed E-state index contributed by atoms with van der Waals surface area (Å²) in [5.41, 5.74) is 1.91. The number of alkyl halides is 3. The number of rotatable bonds is 5. The van der Waals surface area contributed by atoms with Crippen LogP contribution in [-0.2, 0) is 0 Å². The summed E-state index contributed by atoms with van der Waals surface area (Å²) in [5, 5.41) is 5.51. The van der Waals surface area contributed by atoms with E-state index < -0.39 is 6.36 Å². The van der Waals surface area contributed by atoms with Gasteiger partial charge in [-0.2, -0.15) is 0 Å². The zero-order valence-electron chi connectivity index (χ0n) is 16.6. The summed E-state index contributed by atoms with van der Waals surface area (Å²) in [6.45, 7) is 3.33. The molecule has 7 heteroatoms. The number of nitrogens with one attached hydrogen (secondary N) is 1. The monoisotopic (exact) mass is 416 g/mol. The van der Waals surface area contributed by atoms with Crippen molar-refractivity contribution >= 4 is 10.8 Å². The van der Waals surface area contributed by atoms with Gasteiger partial charge in [0.05, 0.1) is 13.2 Å². The number of benzene rings is 3. The molecule has 1 N–H and O–H groups in total. The van der Waals surface area contributed by atoms with Crippen molar-refractivity contribution in [1.29, 1.82) is 0 Å². The predicted octanol–water partition coefficient (Wildman–Crippen LogP) is 4.74. The van der Waals surface area contributed by atoms with E-state index in [9.17, 15) is 13.2 Å². The van der Waals surface area contributed by atoms with E-state index in [2.05, 4.69) is 21.0 Å². The van der Waals surface area contributed by atoms with Crippen molar-refractivity contribution in [3.05, 3.63) is 71.8 Å². The molecule has 4 rings (SSSR count). The molecule has 0 unspecified atom stereocenters. The predicted molar refractivity (Wildman–Crippen MR) is 110 cm³/mol. The summed E-state index contributed by atoms with van der Waals surface area (Å²) in [5.74, 6) is 0.531. The minimum absolute atomic E-state index is 0.159. The number of halogens is 3. The zero-order chi connectivity index (χ0) is 21.1. The number of nitrogens with zero attached hydrogens (tertiary/aromatic N) is 1. The second kappa shape index (κ2) is 8.53. The van der Waals surface area contributed by atoms with Gasteiger partial charge in [0.25, 0.3) is 0 Å². The van der Waals surface area contributed by atoms with Gasteiger partial charge in [0.1, 0.15) is 11.5 Å². The summed E-state index contributed by atoms with van der Waals surface area (Å²) < 4.78 is 47.5. The Hall–Kier alpha value is -2.77. The lowest BCUT2D eigenvalue weighted by Crippen LogP contribution is -2.45. The number of piperazine rings is 1. The van der Waals surface area contributed by atoms with Crippen LogP contribution in [0.1, 0.15) is 17.2 Å². The average Bonchev–Trinajstić information content (AvgIpc) is 2.75. The molecular weight excluding hydrogens is 393 g/mol. The van der Waals surface area contributed by atoms with E-state index >= 15 is 0 Å². The Bertz CT molecular complexity index is 999. The van der Waals surface area contributed by atoms with Crippen LogP contribution in [0.25, 0.3) is 10.8 Å². The molecule has 30 heavy (non-hydrogen) atoms. The van der Waals surface area contributed by atoms with Crippen LogP contribution in [0.15, 0.2) is 60.7 Å². The molecule has 0 aliphatic carbocycles. The molecule has 0 saturated carbocycles. The van der Waals surface area contributed by atoms with Gasteiger partial charge in [0.2, 0.25) is 0 Å². The molecule has 3 aromatic rings. The fourth-order valence-electron chi connectivity index (χ4n) is 4.09. The minimum atomic E-state index is -4.71. The van der Waals surface area contributed by atoms with Crippen LogP contribution >= 0.6 is 0 Å². The van der Waals surface area contributed by atoms with Crippen molar-refractivity contribution in [2.45, 2.75) is 12.4 Å². The molecule has 0 amide bonds. The highest BCUT2D eigenvalue weighted by molar-refractivity contribution is 5.88. The van der Waals surface area contributed by atoms with Crippen molar-refractivity contribution in [1.82, 2.24) is 10.2 Å². The molecule has 1 aliphatic rings. The Morgan fingerprint density at radius 2 is 1.63 bits per heavy atom. The molecule has 4 nitrogen and oxygen atoms in total. The maximum absolute atomic E-state index is 12.6. The van der Waals surface area contributed by atoms with Gasteiger partial charge in [0, 0.05) is 31.7 Å². The van der Waals surface area contributed by atoms with Crippen molar-refractivity contribution in [2.75, 3.05) is 33.3 Å². The summed E-state index contributed by atoms with van der Waals surface area (Å²) in [4.78, 5) is 2.33. The van der Waals surface area contributed by atoms with Gasteiger partial charge in [-0.25, -0.2) is 0 Å². The lowest BCUT2D eigenvalue weighted by Gasteiger charge is -2.36. The smallest absolute Gasteiger partial charge is 0.496 e. The second-order valence-corrected chi connectivity index (χ2v) is 7.21. The molecule has 1 aliphatic heterocycles. The third-order valence-corrected chi connectivity index (χ3v) is 5.37. The van der Waals surface area contributed by atoms with Crippen LogP contribution in [0, 0.1) is 0 Å². The first-order valence-electron chi connectivity index (χ1n) is 9.82. The van der Waals surface area contributed by atoms with E-state index in [1.54, 1.807) is 19.2 Å². The normalized spacial score (nSPS) is 16.4. The third-order valence-electron chi connectivity index (χ3n) is 5.37. The molecule has 0 bridgehead atoms. The number of hydrogen-bond acceptors (Lipinski definition) is 4. The standard InChI is InChI=1S/C23H23F3N2O2/c1-29-20-11-8-16-4-2-3-5-19(16)21(20)22(28-14-12-27-13-15-28)17-6-9-18(10-7-17)30-23(24,25)26/h2-11,22,27H,12-15H2,1H3/t22-/m0/s1. The molecule has 1 atom stereocenters. The largest absolute Gasteiger partial charge is 0.573 e. The van der Waals surface area contributed by atoms with Crippen molar-refractivity contribution in [3.8, 4) is 11.5 Å². The maximum atomic E-state index is 12.6. The Morgan fingerprint density at radius 3 is 2.30 bits per heavy atom. The van der Waals surface area contributed by atoms with Gasteiger partial charge in [-0.05, 0) is 34.5 Å². The Morgan fingerprint density at radius 1 is 0.933 bits per heavy atom. The van der Waals surface area contributed by atoms with E-state index in [0.717, 1.165) is 53.8 Å². The van der Waals surface area contributed by atoms with Crippen molar-refractivity contribution in [2.24, 2.45) is 0 Å². The molecule has 1 heterocycles. The van der Waals surface area contributed by atoms with E-state index in [-0.39, 0.29) is 11.8 Å². The topological polar surface area (TPSA) is 33.7 Å². The van der Waals surface area contributed by atoms with E-state index in [1.807, 2.05) is 30.3 Å². The molecule has 1 saturated heterocycles. The van der Waals surface area contributed by atoms with E-state index in [1.165, 1.54) is 12.1 Å². The lowest BCUT2D eigenvalue weighted by molar-refractivity contribution is -0.274. The van der Waals surface area contributed by atoms with Gasteiger partial charge in [-0.15, -0.1) is 13.2 Å². The molecule has 0 radical (unpaired) electrons. The van der Waals surface area contributed by atoms with Crippen LogP contribution in [0.4, 0.5) is 13.2 Å². The third kappa shape index (κ3) is 4.37. The first-order chi connectivity index (χ1) is 14.5.